The molecule has 10 nitrogen and oxygen atoms in total. The minimum Gasteiger partial charge on any atom is -0.332 e. The maximum Gasteiger partial charge on any atom is 0.218 e. The summed E-state index contributed by atoms with van der Waals surface area (Å²) in [6.07, 6.45) is 6.18. The smallest absolute Gasteiger partial charge is 0.218 e. The van der Waals surface area contributed by atoms with Gasteiger partial charge >= 0.3 is 0 Å². The summed E-state index contributed by atoms with van der Waals surface area (Å²) >= 11 is 0. The number of aryl methyl sites for hydroxylation is 1. The van der Waals surface area contributed by atoms with Crippen molar-refractivity contribution in [1.29, 1.82) is 0 Å². The van der Waals surface area contributed by atoms with Gasteiger partial charge in [-0.05, 0) is 55.3 Å². The van der Waals surface area contributed by atoms with Crippen molar-refractivity contribution < 1.29 is 12.8 Å². The third kappa shape index (κ3) is 6.53. The summed E-state index contributed by atoms with van der Waals surface area (Å²) < 4.78 is 41.0. The number of aromatic amines is 1. The summed E-state index contributed by atoms with van der Waals surface area (Å²) in [7, 11) is -1.39. The van der Waals surface area contributed by atoms with Gasteiger partial charge in [0.15, 0.2) is 0 Å². The molecular formula is C27H33FN8O2S. The van der Waals surface area contributed by atoms with Crippen LogP contribution in [0.5, 0.6) is 0 Å². The van der Waals surface area contributed by atoms with Crippen molar-refractivity contribution >= 4 is 27.2 Å². The molecule has 1 atom stereocenters. The molecule has 0 saturated carbocycles. The molecule has 3 heterocycles. The maximum absolute atomic E-state index is 13.7. The van der Waals surface area contributed by atoms with Crippen molar-refractivity contribution in [3.05, 3.63) is 89.6 Å². The molecule has 12 heteroatoms. The summed E-state index contributed by atoms with van der Waals surface area (Å²) in [6, 6.07) is 13.7. The number of hydrogen-bond acceptors (Lipinski definition) is 8. The number of aromatic nitrogens is 2. The summed E-state index contributed by atoms with van der Waals surface area (Å²) in [5.41, 5.74) is 9.58. The van der Waals surface area contributed by atoms with Crippen LogP contribution in [0.2, 0.25) is 0 Å². The lowest BCUT2D eigenvalue weighted by Gasteiger charge is -2.32. The van der Waals surface area contributed by atoms with Crippen molar-refractivity contribution in [3.63, 3.8) is 0 Å². The Bertz CT molecular complexity index is 1450. The Morgan fingerprint density at radius 3 is 2.56 bits per heavy atom. The van der Waals surface area contributed by atoms with Gasteiger partial charge in [-0.2, -0.15) is 9.40 Å². The van der Waals surface area contributed by atoms with Crippen LogP contribution in [0.4, 0.5) is 10.1 Å². The fourth-order valence-corrected chi connectivity index (χ4v) is 6.28. The van der Waals surface area contributed by atoms with Crippen molar-refractivity contribution in [2.24, 2.45) is 10.7 Å². The molecule has 1 aromatic heterocycles. The maximum atomic E-state index is 13.7. The van der Waals surface area contributed by atoms with E-state index in [-0.39, 0.29) is 11.6 Å². The summed E-state index contributed by atoms with van der Waals surface area (Å²) in [5.74, 6) is 0.112. The molecule has 2 aliphatic heterocycles. The summed E-state index contributed by atoms with van der Waals surface area (Å²) in [5, 5.41) is 13.2. The Labute approximate surface area is 227 Å². The van der Waals surface area contributed by atoms with Crippen LogP contribution in [0.25, 0.3) is 5.57 Å². The van der Waals surface area contributed by atoms with Crippen LogP contribution in [0.15, 0.2) is 72.1 Å². The zero-order valence-corrected chi connectivity index (χ0v) is 22.6. The third-order valence-corrected chi connectivity index (χ3v) is 8.90. The number of H-pyrrole nitrogens is 1. The summed E-state index contributed by atoms with van der Waals surface area (Å²) in [4.78, 5) is 6.92. The largest absolute Gasteiger partial charge is 0.332 e. The van der Waals surface area contributed by atoms with Gasteiger partial charge in [-0.1, -0.05) is 24.3 Å². The molecule has 1 unspecified atom stereocenters. The van der Waals surface area contributed by atoms with Crippen LogP contribution < -0.4 is 16.4 Å². The molecule has 0 radical (unpaired) electrons. The highest BCUT2D eigenvalue weighted by Gasteiger charge is 2.34. The van der Waals surface area contributed by atoms with Crippen LogP contribution in [-0.2, 0) is 22.2 Å². The first-order valence-corrected chi connectivity index (χ1v) is 14.4. The normalized spacial score (nSPS) is 20.7. The molecule has 5 rings (SSSR count). The number of nitrogens with two attached hydrogens (primary N) is 1. The predicted octanol–water partition coefficient (Wildman–Crippen LogP) is 2.33. The Balaban J connectivity index is 1.28. The van der Waals surface area contributed by atoms with Crippen molar-refractivity contribution in [2.75, 3.05) is 38.5 Å². The lowest BCUT2D eigenvalue weighted by molar-refractivity contribution is 0.222. The van der Waals surface area contributed by atoms with Crippen molar-refractivity contribution in [2.45, 2.75) is 24.3 Å². The molecule has 0 amide bonds. The van der Waals surface area contributed by atoms with Gasteiger partial charge in [0, 0.05) is 55.4 Å². The van der Waals surface area contributed by atoms with Crippen LogP contribution in [-0.4, -0.2) is 72.7 Å². The number of nitrogens with one attached hydrogen (secondary N) is 3. The Kier molecular flexibility index (Phi) is 7.80. The molecule has 2 aliphatic rings. The van der Waals surface area contributed by atoms with E-state index in [0.29, 0.717) is 37.5 Å². The zero-order chi connectivity index (χ0) is 27.5. The highest BCUT2D eigenvalue weighted by atomic mass is 32.2. The number of sulfonamides is 1. The van der Waals surface area contributed by atoms with Crippen molar-refractivity contribution in [3.8, 4) is 0 Å². The SMILES string of the molecule is CN1CCN(S(=O)(=O)Cc2ccc(NC3=NC(N)(CCc4cccc(F)c4)C(c4cn[nH]c4)=CN3)cc2)CC1. The third-order valence-electron chi connectivity index (χ3n) is 7.05. The molecular weight excluding hydrogens is 519 g/mol. The lowest BCUT2D eigenvalue weighted by Crippen LogP contribution is -2.47. The number of likely N-dealkylation sites (N-methyl/N-ethyl adjacent to an activating group) is 1. The van der Waals surface area contributed by atoms with Gasteiger partial charge < -0.3 is 21.3 Å². The second-order valence-corrected chi connectivity index (χ2v) is 12.0. The number of guanidine groups is 1. The van der Waals surface area contributed by atoms with Gasteiger partial charge in [0.25, 0.3) is 0 Å². The monoisotopic (exact) mass is 552 g/mol. The second kappa shape index (κ2) is 11.3. The number of hydrogen-bond donors (Lipinski definition) is 4. The molecule has 0 bridgehead atoms. The van der Waals surface area contributed by atoms with E-state index < -0.39 is 15.7 Å². The van der Waals surface area contributed by atoms with Gasteiger partial charge in [-0.15, -0.1) is 0 Å². The standard InChI is InChI=1S/C27H33FN8O2S/c1-35-11-13-36(14-12-35)39(37,38)19-21-5-7-24(8-6-21)33-26-30-18-25(22-16-31-32-17-22)27(29,34-26)10-9-20-3-2-4-23(28)15-20/h2-8,15-18H,9-14,19,29H2,1H3,(H,31,32)(H2,30,33,34). The van der Waals surface area contributed by atoms with Crippen LogP contribution in [0.3, 0.4) is 0 Å². The van der Waals surface area contributed by atoms with Crippen LogP contribution in [0.1, 0.15) is 23.1 Å². The molecule has 3 aromatic rings. The Morgan fingerprint density at radius 2 is 1.87 bits per heavy atom. The first-order chi connectivity index (χ1) is 18.7. The van der Waals surface area contributed by atoms with E-state index in [0.717, 1.165) is 35.5 Å². The number of halogens is 1. The Hall–Kier alpha value is -3.58. The topological polar surface area (TPSA) is 132 Å². The highest BCUT2D eigenvalue weighted by molar-refractivity contribution is 7.88. The fourth-order valence-electron chi connectivity index (χ4n) is 4.76. The number of rotatable bonds is 8. The van der Waals surface area contributed by atoms with E-state index in [4.69, 9.17) is 10.7 Å². The van der Waals surface area contributed by atoms with Gasteiger partial charge in [-0.25, -0.2) is 17.8 Å². The molecule has 5 N–H and O–H groups in total. The molecule has 2 aromatic carbocycles. The average molecular weight is 553 g/mol. The molecule has 0 spiro atoms. The minimum absolute atomic E-state index is 0.0427. The van der Waals surface area contributed by atoms with Gasteiger partial charge in [-0.3, -0.25) is 5.10 Å². The van der Waals surface area contributed by atoms with E-state index in [1.807, 2.05) is 25.2 Å². The fraction of sp³-hybridized carbons (Fsp3) is 0.333. The van der Waals surface area contributed by atoms with Crippen LogP contribution >= 0.6 is 0 Å². The first-order valence-electron chi connectivity index (χ1n) is 12.8. The van der Waals surface area contributed by atoms with Gasteiger partial charge in [0.2, 0.25) is 16.0 Å². The zero-order valence-electron chi connectivity index (χ0n) is 21.8. The molecule has 206 valence electrons. The van der Waals surface area contributed by atoms with Gasteiger partial charge in [0.1, 0.15) is 11.5 Å². The summed E-state index contributed by atoms with van der Waals surface area (Å²) in [6.45, 7) is 2.49. The number of nitrogens with zero attached hydrogens (tertiary/aromatic N) is 4. The van der Waals surface area contributed by atoms with Crippen molar-refractivity contribution in [1.82, 2.24) is 24.7 Å². The molecule has 1 fully saturated rings. The number of piperazine rings is 1. The minimum atomic E-state index is -3.38. The van der Waals surface area contributed by atoms with E-state index in [1.54, 1.807) is 41.1 Å². The molecule has 0 aliphatic carbocycles. The number of aliphatic imine (C=N–C) groups is 1. The van der Waals surface area contributed by atoms with Crippen LogP contribution in [0, 0.1) is 5.82 Å². The molecule has 39 heavy (non-hydrogen) atoms. The van der Waals surface area contributed by atoms with E-state index in [2.05, 4.69) is 25.7 Å². The molecule has 1 saturated heterocycles. The van der Waals surface area contributed by atoms with E-state index >= 15 is 0 Å². The second-order valence-electron chi connectivity index (χ2n) is 9.98. The number of anilines is 1. The van der Waals surface area contributed by atoms with Gasteiger partial charge in [0.05, 0.1) is 11.9 Å². The Morgan fingerprint density at radius 1 is 1.10 bits per heavy atom. The predicted molar refractivity (Wildman–Crippen MR) is 151 cm³/mol. The lowest BCUT2D eigenvalue weighted by atomic mass is 9.89. The number of benzene rings is 2. The van der Waals surface area contributed by atoms with E-state index in [1.165, 1.54) is 12.1 Å². The first kappa shape index (κ1) is 27.0. The quantitative estimate of drug-likeness (QED) is 0.337. The highest BCUT2D eigenvalue weighted by Crippen LogP contribution is 2.32. The van der Waals surface area contributed by atoms with E-state index in [9.17, 15) is 12.8 Å². The average Bonchev–Trinajstić information content (AvgIpc) is 3.44.